The van der Waals surface area contributed by atoms with E-state index in [0.29, 0.717) is 33.4 Å². The Labute approximate surface area is 249 Å². The molecule has 0 saturated carbocycles. The summed E-state index contributed by atoms with van der Waals surface area (Å²) in [6.45, 7) is 2.32. The molecule has 3 amide bonds. The molecule has 1 aliphatic rings. The lowest BCUT2D eigenvalue weighted by Gasteiger charge is -2.33. The van der Waals surface area contributed by atoms with Gasteiger partial charge in [0.1, 0.15) is 12.6 Å². The van der Waals surface area contributed by atoms with Gasteiger partial charge >= 0.3 is 0 Å². The Morgan fingerprint density at radius 1 is 0.902 bits per heavy atom. The molecule has 4 aromatic rings. The van der Waals surface area contributed by atoms with Crippen molar-refractivity contribution in [3.8, 4) is 0 Å². The minimum absolute atomic E-state index is 0.00914. The van der Waals surface area contributed by atoms with E-state index in [2.05, 4.69) is 12.2 Å². The SMILES string of the molecule is CCCCNC(=O)C(Cc1ccccc1)N(Cc1c(Cl)cccc1Cl)C(=O)CN1C(=O)c2cccc3cccc1c23. The van der Waals surface area contributed by atoms with Crippen LogP contribution in [-0.4, -0.2) is 41.8 Å². The summed E-state index contributed by atoms with van der Waals surface area (Å²) in [6, 6.07) is 25.1. The Kier molecular flexibility index (Phi) is 8.91. The molecule has 1 unspecified atom stereocenters. The summed E-state index contributed by atoms with van der Waals surface area (Å²) in [5.41, 5.74) is 2.69. The van der Waals surface area contributed by atoms with Crippen LogP contribution in [0.3, 0.4) is 0 Å². The lowest BCUT2D eigenvalue weighted by Crippen LogP contribution is -2.53. The molecule has 0 saturated heterocycles. The van der Waals surface area contributed by atoms with Gasteiger partial charge in [0, 0.05) is 46.1 Å². The van der Waals surface area contributed by atoms with Crippen molar-refractivity contribution in [3.05, 3.63) is 112 Å². The Morgan fingerprint density at radius 2 is 1.59 bits per heavy atom. The van der Waals surface area contributed by atoms with Crippen LogP contribution in [0.25, 0.3) is 10.8 Å². The number of unbranched alkanes of at least 4 members (excludes halogenated alkanes) is 1. The van der Waals surface area contributed by atoms with Gasteiger partial charge in [0.25, 0.3) is 5.91 Å². The number of rotatable bonds is 11. The molecule has 6 nitrogen and oxygen atoms in total. The molecule has 210 valence electrons. The molecule has 0 aliphatic carbocycles. The summed E-state index contributed by atoms with van der Waals surface area (Å²) in [5.74, 6) is -0.893. The van der Waals surface area contributed by atoms with Crippen molar-refractivity contribution in [1.82, 2.24) is 10.2 Å². The van der Waals surface area contributed by atoms with Gasteiger partial charge in [0.2, 0.25) is 11.8 Å². The Morgan fingerprint density at radius 3 is 2.29 bits per heavy atom. The first-order valence-electron chi connectivity index (χ1n) is 13.8. The summed E-state index contributed by atoms with van der Waals surface area (Å²) in [6.07, 6.45) is 2.03. The summed E-state index contributed by atoms with van der Waals surface area (Å²) in [5, 5.41) is 5.56. The van der Waals surface area contributed by atoms with Crippen LogP contribution in [0.2, 0.25) is 10.0 Å². The van der Waals surface area contributed by atoms with E-state index in [0.717, 1.165) is 29.2 Å². The van der Waals surface area contributed by atoms with Gasteiger partial charge in [-0.05, 0) is 41.6 Å². The highest BCUT2D eigenvalue weighted by Gasteiger charge is 2.36. The zero-order valence-corrected chi connectivity index (χ0v) is 24.3. The second-order valence-electron chi connectivity index (χ2n) is 10.1. The minimum atomic E-state index is -0.857. The molecule has 0 bridgehead atoms. The van der Waals surface area contributed by atoms with Crippen molar-refractivity contribution < 1.29 is 14.4 Å². The molecular formula is C33H31Cl2N3O3. The van der Waals surface area contributed by atoms with Crippen molar-refractivity contribution in [1.29, 1.82) is 0 Å². The molecule has 5 rings (SSSR count). The molecule has 0 fully saturated rings. The topological polar surface area (TPSA) is 69.7 Å². The molecule has 1 heterocycles. The van der Waals surface area contributed by atoms with Crippen molar-refractivity contribution in [2.45, 2.75) is 38.8 Å². The molecule has 0 radical (unpaired) electrons. The Hall–Kier alpha value is -3.87. The van der Waals surface area contributed by atoms with Crippen molar-refractivity contribution >= 4 is 57.4 Å². The predicted octanol–water partition coefficient (Wildman–Crippen LogP) is 6.66. The van der Waals surface area contributed by atoms with Gasteiger partial charge in [0.05, 0.1) is 5.69 Å². The highest BCUT2D eigenvalue weighted by Crippen LogP contribution is 2.37. The first kappa shape index (κ1) is 28.7. The number of hydrogen-bond donors (Lipinski definition) is 1. The van der Waals surface area contributed by atoms with E-state index in [1.807, 2.05) is 60.7 Å². The molecule has 41 heavy (non-hydrogen) atoms. The van der Waals surface area contributed by atoms with E-state index in [4.69, 9.17) is 23.2 Å². The summed E-state index contributed by atoms with van der Waals surface area (Å²) in [7, 11) is 0. The fourth-order valence-corrected chi connectivity index (χ4v) is 5.79. The van der Waals surface area contributed by atoms with Gasteiger partial charge in [-0.25, -0.2) is 0 Å². The minimum Gasteiger partial charge on any atom is -0.354 e. The van der Waals surface area contributed by atoms with E-state index in [-0.39, 0.29) is 37.2 Å². The number of hydrogen-bond acceptors (Lipinski definition) is 3. The molecule has 1 N–H and O–H groups in total. The molecule has 1 aliphatic heterocycles. The second kappa shape index (κ2) is 12.8. The van der Waals surface area contributed by atoms with Gasteiger partial charge in [-0.2, -0.15) is 0 Å². The molecule has 4 aromatic carbocycles. The lowest BCUT2D eigenvalue weighted by atomic mass is 10.0. The van der Waals surface area contributed by atoms with Gasteiger partial charge < -0.3 is 10.2 Å². The number of carbonyl (C=O) groups excluding carboxylic acids is 3. The monoisotopic (exact) mass is 587 g/mol. The zero-order valence-electron chi connectivity index (χ0n) is 22.8. The summed E-state index contributed by atoms with van der Waals surface area (Å²) in [4.78, 5) is 44.5. The highest BCUT2D eigenvalue weighted by molar-refractivity contribution is 6.36. The molecule has 0 aromatic heterocycles. The Bertz CT molecular complexity index is 1570. The van der Waals surface area contributed by atoms with Crippen LogP contribution in [0.5, 0.6) is 0 Å². The average Bonchev–Trinajstić information content (AvgIpc) is 3.24. The maximum Gasteiger partial charge on any atom is 0.259 e. The highest BCUT2D eigenvalue weighted by atomic mass is 35.5. The number of nitrogens with zero attached hydrogens (tertiary/aromatic N) is 2. The third-order valence-electron chi connectivity index (χ3n) is 7.43. The van der Waals surface area contributed by atoms with E-state index < -0.39 is 6.04 Å². The molecule has 1 atom stereocenters. The standard InChI is InChI=1S/C33H31Cl2N3O3/c1-2-3-18-36-32(40)29(19-22-10-5-4-6-11-22)37(20-25-26(34)15-9-16-27(25)35)30(39)21-38-28-17-8-13-23-12-7-14-24(31(23)28)33(38)41/h4-17,29H,2-3,18-21H2,1H3,(H,36,40). The lowest BCUT2D eigenvalue weighted by molar-refractivity contribution is -0.140. The van der Waals surface area contributed by atoms with E-state index in [1.165, 1.54) is 9.80 Å². The van der Waals surface area contributed by atoms with Gasteiger partial charge in [-0.3, -0.25) is 19.3 Å². The number of amides is 3. The third kappa shape index (κ3) is 6.09. The molecule has 0 spiro atoms. The summed E-state index contributed by atoms with van der Waals surface area (Å²) >= 11 is 13.1. The molecule has 8 heteroatoms. The molecular weight excluding hydrogens is 557 g/mol. The van der Waals surface area contributed by atoms with Crippen LogP contribution in [-0.2, 0) is 22.6 Å². The largest absolute Gasteiger partial charge is 0.354 e. The average molecular weight is 589 g/mol. The first-order valence-corrected chi connectivity index (χ1v) is 14.5. The predicted molar refractivity (Wildman–Crippen MR) is 164 cm³/mol. The van der Waals surface area contributed by atoms with Crippen LogP contribution < -0.4 is 10.2 Å². The number of halogens is 2. The fourth-order valence-electron chi connectivity index (χ4n) is 5.28. The number of nitrogens with one attached hydrogen (secondary N) is 1. The van der Waals surface area contributed by atoms with E-state index >= 15 is 0 Å². The van der Waals surface area contributed by atoms with Crippen molar-refractivity contribution in [3.63, 3.8) is 0 Å². The zero-order chi connectivity index (χ0) is 28.9. The van der Waals surface area contributed by atoms with Crippen molar-refractivity contribution in [2.75, 3.05) is 18.0 Å². The maximum atomic E-state index is 14.3. The van der Waals surface area contributed by atoms with Crippen LogP contribution in [0.4, 0.5) is 5.69 Å². The van der Waals surface area contributed by atoms with E-state index in [1.54, 1.807) is 24.3 Å². The fraction of sp³-hybridized carbons (Fsp3) is 0.242. The first-order chi connectivity index (χ1) is 19.9. The number of anilines is 1. The number of carbonyl (C=O) groups is 3. The maximum absolute atomic E-state index is 14.3. The second-order valence-corrected chi connectivity index (χ2v) is 11.0. The normalized spacial score (nSPS) is 13.0. The van der Waals surface area contributed by atoms with Crippen molar-refractivity contribution in [2.24, 2.45) is 0 Å². The third-order valence-corrected chi connectivity index (χ3v) is 8.14. The van der Waals surface area contributed by atoms with E-state index in [9.17, 15) is 14.4 Å². The smallest absolute Gasteiger partial charge is 0.259 e. The summed E-state index contributed by atoms with van der Waals surface area (Å²) < 4.78 is 0. The van der Waals surface area contributed by atoms with Crippen LogP contribution in [0.1, 0.15) is 41.3 Å². The Balaban J connectivity index is 1.52. The quantitative estimate of drug-likeness (QED) is 0.199. The van der Waals surface area contributed by atoms with Gasteiger partial charge in [-0.15, -0.1) is 0 Å². The van der Waals surface area contributed by atoms with Gasteiger partial charge in [0.15, 0.2) is 0 Å². The van der Waals surface area contributed by atoms with Crippen LogP contribution in [0, 0.1) is 0 Å². The van der Waals surface area contributed by atoms with Crippen LogP contribution in [0.15, 0.2) is 84.9 Å². The van der Waals surface area contributed by atoms with Gasteiger partial charge in [-0.1, -0.05) is 97.2 Å². The number of benzene rings is 4. The van der Waals surface area contributed by atoms with Crippen LogP contribution >= 0.6 is 23.2 Å².